The van der Waals surface area contributed by atoms with Crippen molar-refractivity contribution in [2.45, 2.75) is 18.9 Å². The Morgan fingerprint density at radius 2 is 2.37 bits per heavy atom. The van der Waals surface area contributed by atoms with Crippen LogP contribution in [0.25, 0.3) is 0 Å². The number of nitrogens with zero attached hydrogens (tertiary/aromatic N) is 1. The first-order valence-electron chi connectivity index (χ1n) is 6.17. The molecule has 1 fully saturated rings. The van der Waals surface area contributed by atoms with Gasteiger partial charge in [-0.05, 0) is 31.0 Å². The van der Waals surface area contributed by atoms with Gasteiger partial charge in [-0.3, -0.25) is 4.79 Å². The second-order valence-corrected chi connectivity index (χ2v) is 5.93. The number of nitrogens with two attached hydrogens (primary N) is 1. The summed E-state index contributed by atoms with van der Waals surface area (Å²) in [5, 5.41) is 0.484. The third kappa shape index (κ3) is 4.09. The van der Waals surface area contributed by atoms with Crippen molar-refractivity contribution in [3.05, 3.63) is 27.7 Å². The molecule has 19 heavy (non-hydrogen) atoms. The number of hydrogen-bond acceptors (Lipinski definition) is 3. The smallest absolute Gasteiger partial charge is 0.260 e. The van der Waals surface area contributed by atoms with Gasteiger partial charge in [0.15, 0.2) is 6.61 Å². The molecule has 2 N–H and O–H groups in total. The second kappa shape index (κ2) is 6.59. The summed E-state index contributed by atoms with van der Waals surface area (Å²) >= 11 is 9.34. The molecule has 0 radical (unpaired) electrons. The third-order valence-electron chi connectivity index (χ3n) is 3.06. The number of ether oxygens (including phenoxy) is 1. The van der Waals surface area contributed by atoms with Crippen LogP contribution >= 0.6 is 27.5 Å². The summed E-state index contributed by atoms with van der Waals surface area (Å²) in [6, 6.07) is 5.37. The Labute approximate surface area is 126 Å². The number of halogens is 2. The van der Waals surface area contributed by atoms with Crippen LogP contribution in [-0.4, -0.2) is 36.5 Å². The van der Waals surface area contributed by atoms with Crippen LogP contribution in [-0.2, 0) is 4.79 Å². The maximum atomic E-state index is 12.0. The first-order valence-corrected chi connectivity index (χ1v) is 7.34. The van der Waals surface area contributed by atoms with Gasteiger partial charge in [0.05, 0.1) is 5.02 Å². The van der Waals surface area contributed by atoms with E-state index in [1.165, 1.54) is 0 Å². The lowest BCUT2D eigenvalue weighted by molar-refractivity contribution is -0.134. The van der Waals surface area contributed by atoms with Crippen LogP contribution < -0.4 is 10.5 Å². The van der Waals surface area contributed by atoms with Crippen molar-refractivity contribution in [3.8, 4) is 5.75 Å². The zero-order valence-corrected chi connectivity index (χ0v) is 12.8. The fraction of sp³-hybridized carbons (Fsp3) is 0.462. The minimum absolute atomic E-state index is 0.00588. The average Bonchev–Trinajstić information content (AvgIpc) is 2.37. The fourth-order valence-electron chi connectivity index (χ4n) is 2.06. The van der Waals surface area contributed by atoms with E-state index in [2.05, 4.69) is 15.9 Å². The molecule has 1 aromatic rings. The van der Waals surface area contributed by atoms with Gasteiger partial charge >= 0.3 is 0 Å². The Hall–Kier alpha value is -0.780. The summed E-state index contributed by atoms with van der Waals surface area (Å²) in [6.45, 7) is 1.36. The first kappa shape index (κ1) is 14.6. The molecule has 0 saturated carbocycles. The highest BCUT2D eigenvalue weighted by atomic mass is 79.9. The minimum Gasteiger partial charge on any atom is -0.482 e. The Balaban J connectivity index is 1.89. The molecule has 4 nitrogen and oxygen atoms in total. The summed E-state index contributed by atoms with van der Waals surface area (Å²) in [6.07, 6.45) is 1.93. The Bertz CT molecular complexity index is 470. The van der Waals surface area contributed by atoms with E-state index in [0.29, 0.717) is 17.3 Å². The maximum absolute atomic E-state index is 12.0. The maximum Gasteiger partial charge on any atom is 0.260 e. The number of carbonyl (C=O) groups is 1. The van der Waals surface area contributed by atoms with Gasteiger partial charge in [-0.1, -0.05) is 27.5 Å². The molecule has 1 amide bonds. The van der Waals surface area contributed by atoms with Crippen molar-refractivity contribution in [1.29, 1.82) is 0 Å². The zero-order chi connectivity index (χ0) is 13.8. The molecule has 1 aliphatic rings. The van der Waals surface area contributed by atoms with Crippen molar-refractivity contribution >= 4 is 33.4 Å². The van der Waals surface area contributed by atoms with E-state index in [4.69, 9.17) is 22.1 Å². The normalized spacial score (nSPS) is 19.3. The predicted molar refractivity (Wildman–Crippen MR) is 78.4 cm³/mol. The number of rotatable bonds is 3. The monoisotopic (exact) mass is 346 g/mol. The lowest BCUT2D eigenvalue weighted by Gasteiger charge is -2.30. The van der Waals surface area contributed by atoms with Gasteiger partial charge in [-0.2, -0.15) is 0 Å². The number of likely N-dealkylation sites (tertiary alicyclic amines) is 1. The lowest BCUT2D eigenvalue weighted by Crippen LogP contribution is -2.47. The van der Waals surface area contributed by atoms with E-state index in [0.717, 1.165) is 23.9 Å². The number of carbonyl (C=O) groups excluding carboxylic acids is 1. The Morgan fingerprint density at radius 1 is 1.58 bits per heavy atom. The molecule has 0 aromatic heterocycles. The van der Waals surface area contributed by atoms with E-state index >= 15 is 0 Å². The highest BCUT2D eigenvalue weighted by Crippen LogP contribution is 2.27. The molecule has 1 aromatic carbocycles. The van der Waals surface area contributed by atoms with Crippen molar-refractivity contribution in [2.75, 3.05) is 19.7 Å². The molecular weight excluding hydrogens is 332 g/mol. The predicted octanol–water partition coefficient (Wildman–Crippen LogP) is 2.43. The van der Waals surface area contributed by atoms with Gasteiger partial charge in [0.1, 0.15) is 5.75 Å². The number of benzene rings is 1. The second-order valence-electron chi connectivity index (χ2n) is 4.61. The van der Waals surface area contributed by atoms with Crippen molar-refractivity contribution < 1.29 is 9.53 Å². The van der Waals surface area contributed by atoms with E-state index in [1.807, 2.05) is 6.07 Å². The standard InChI is InChI=1S/C13H16BrClN2O2/c14-9-3-4-12(11(15)6-9)19-8-13(18)17-5-1-2-10(16)7-17/h3-4,6,10H,1-2,5,7-8,16H2. The van der Waals surface area contributed by atoms with Crippen LogP contribution in [0.1, 0.15) is 12.8 Å². The average molecular weight is 348 g/mol. The largest absolute Gasteiger partial charge is 0.482 e. The van der Waals surface area contributed by atoms with E-state index < -0.39 is 0 Å². The van der Waals surface area contributed by atoms with Crippen LogP contribution in [0, 0.1) is 0 Å². The first-order chi connectivity index (χ1) is 9.06. The Morgan fingerprint density at radius 3 is 3.05 bits per heavy atom. The molecule has 1 unspecified atom stereocenters. The molecule has 0 aliphatic carbocycles. The summed E-state index contributed by atoms with van der Waals surface area (Å²) in [5.74, 6) is 0.466. The third-order valence-corrected chi connectivity index (χ3v) is 3.84. The van der Waals surface area contributed by atoms with Gasteiger partial charge in [-0.25, -0.2) is 0 Å². The van der Waals surface area contributed by atoms with Crippen LogP contribution in [0.3, 0.4) is 0 Å². The highest BCUT2D eigenvalue weighted by molar-refractivity contribution is 9.10. The van der Waals surface area contributed by atoms with E-state index in [9.17, 15) is 4.79 Å². The number of hydrogen-bond donors (Lipinski definition) is 1. The van der Waals surface area contributed by atoms with Gasteiger partial charge < -0.3 is 15.4 Å². The summed E-state index contributed by atoms with van der Waals surface area (Å²) in [4.78, 5) is 13.7. The minimum atomic E-state index is -0.0471. The topological polar surface area (TPSA) is 55.6 Å². The van der Waals surface area contributed by atoms with Crippen LogP contribution in [0.5, 0.6) is 5.75 Å². The molecule has 2 rings (SSSR count). The number of amides is 1. The van der Waals surface area contributed by atoms with Gasteiger partial charge in [0.25, 0.3) is 5.91 Å². The number of piperidine rings is 1. The molecule has 104 valence electrons. The molecule has 1 aliphatic heterocycles. The van der Waals surface area contributed by atoms with Crippen LogP contribution in [0.15, 0.2) is 22.7 Å². The molecule has 1 saturated heterocycles. The summed E-state index contributed by atoms with van der Waals surface area (Å²) in [5.41, 5.74) is 5.85. The van der Waals surface area contributed by atoms with Gasteiger partial charge in [0.2, 0.25) is 0 Å². The molecule has 1 heterocycles. The van der Waals surface area contributed by atoms with Crippen LogP contribution in [0.2, 0.25) is 5.02 Å². The summed E-state index contributed by atoms with van der Waals surface area (Å²) in [7, 11) is 0. The van der Waals surface area contributed by atoms with E-state index in [-0.39, 0.29) is 18.6 Å². The highest BCUT2D eigenvalue weighted by Gasteiger charge is 2.21. The van der Waals surface area contributed by atoms with Gasteiger partial charge in [0, 0.05) is 23.6 Å². The van der Waals surface area contributed by atoms with Crippen molar-refractivity contribution in [3.63, 3.8) is 0 Å². The molecule has 6 heteroatoms. The van der Waals surface area contributed by atoms with Crippen molar-refractivity contribution in [1.82, 2.24) is 4.90 Å². The quantitative estimate of drug-likeness (QED) is 0.913. The summed E-state index contributed by atoms with van der Waals surface area (Å²) < 4.78 is 6.33. The fourth-order valence-corrected chi connectivity index (χ4v) is 2.79. The van der Waals surface area contributed by atoms with Crippen LogP contribution in [0.4, 0.5) is 0 Å². The molecule has 0 bridgehead atoms. The molecular formula is C13H16BrClN2O2. The Kier molecular flexibility index (Phi) is 5.07. The SMILES string of the molecule is NC1CCCN(C(=O)COc2ccc(Br)cc2Cl)C1. The van der Waals surface area contributed by atoms with E-state index in [1.54, 1.807) is 17.0 Å². The zero-order valence-electron chi connectivity index (χ0n) is 10.4. The van der Waals surface area contributed by atoms with Gasteiger partial charge in [-0.15, -0.1) is 0 Å². The lowest BCUT2D eigenvalue weighted by atomic mass is 10.1. The molecule has 0 spiro atoms. The molecule has 1 atom stereocenters. The van der Waals surface area contributed by atoms with Crippen molar-refractivity contribution in [2.24, 2.45) is 5.73 Å².